The molecule has 166 valence electrons. The number of halogens is 1. The second kappa shape index (κ2) is 9.94. The normalized spacial score (nSPS) is 14.9. The monoisotopic (exact) mass is 426 g/mol. The molecule has 0 radical (unpaired) electrons. The van der Waals surface area contributed by atoms with Gasteiger partial charge in [0.1, 0.15) is 11.4 Å². The Bertz CT molecular complexity index is 870. The molecule has 3 rings (SSSR count). The number of aryl methyl sites for hydroxylation is 1. The minimum atomic E-state index is -0.527. The summed E-state index contributed by atoms with van der Waals surface area (Å²) in [7, 11) is 0. The van der Waals surface area contributed by atoms with Gasteiger partial charge in [0.25, 0.3) is 0 Å². The third-order valence-electron chi connectivity index (χ3n) is 5.33. The highest BCUT2D eigenvalue weighted by Gasteiger charge is 2.32. The number of anilines is 1. The molecule has 5 nitrogen and oxygen atoms in total. The van der Waals surface area contributed by atoms with Crippen LogP contribution >= 0.6 is 0 Å². The van der Waals surface area contributed by atoms with E-state index in [0.717, 1.165) is 11.3 Å². The molecular formula is C25H31FN2O3. The zero-order valence-corrected chi connectivity index (χ0v) is 18.5. The van der Waals surface area contributed by atoms with Crippen LogP contribution in [0.2, 0.25) is 0 Å². The summed E-state index contributed by atoms with van der Waals surface area (Å²) in [4.78, 5) is 29.2. The molecule has 2 amide bonds. The van der Waals surface area contributed by atoms with Gasteiger partial charge >= 0.3 is 6.09 Å². The van der Waals surface area contributed by atoms with E-state index in [1.165, 1.54) is 12.1 Å². The van der Waals surface area contributed by atoms with Gasteiger partial charge in [-0.15, -0.1) is 0 Å². The van der Waals surface area contributed by atoms with Crippen LogP contribution in [-0.4, -0.2) is 41.6 Å². The van der Waals surface area contributed by atoms with Gasteiger partial charge in [-0.1, -0.05) is 30.3 Å². The second-order valence-corrected chi connectivity index (χ2v) is 8.92. The summed E-state index contributed by atoms with van der Waals surface area (Å²) in [5.74, 6) is -0.246. The standard InChI is InChI=1S/C25H31FN2O3/c1-25(2,3)31-24(30)27-17-15-22(16-18-27)28(21-7-5-4-6-8-21)23(29)14-11-19-9-12-20(26)13-10-19/h4-10,12-13,22H,11,14-18H2,1-3H3. The van der Waals surface area contributed by atoms with E-state index in [-0.39, 0.29) is 23.9 Å². The molecule has 0 aromatic heterocycles. The van der Waals surface area contributed by atoms with Crippen molar-refractivity contribution >= 4 is 17.7 Å². The predicted molar refractivity (Wildman–Crippen MR) is 119 cm³/mol. The maximum absolute atomic E-state index is 13.2. The zero-order chi connectivity index (χ0) is 22.4. The lowest BCUT2D eigenvalue weighted by molar-refractivity contribution is -0.119. The van der Waals surface area contributed by atoms with Gasteiger partial charge in [-0.05, 0) is 69.9 Å². The molecule has 1 aliphatic heterocycles. The number of carbonyl (C=O) groups is 2. The van der Waals surface area contributed by atoms with Crippen LogP contribution in [0.1, 0.15) is 45.6 Å². The van der Waals surface area contributed by atoms with E-state index in [1.807, 2.05) is 56.0 Å². The molecular weight excluding hydrogens is 395 g/mol. The fourth-order valence-electron chi connectivity index (χ4n) is 3.80. The van der Waals surface area contributed by atoms with Crippen molar-refractivity contribution < 1.29 is 18.7 Å². The van der Waals surface area contributed by atoms with Gasteiger partial charge in [0.15, 0.2) is 0 Å². The van der Waals surface area contributed by atoms with Crippen molar-refractivity contribution in [3.05, 3.63) is 66.0 Å². The topological polar surface area (TPSA) is 49.9 Å². The number of hydrogen-bond donors (Lipinski definition) is 0. The predicted octanol–water partition coefficient (Wildman–Crippen LogP) is 5.19. The summed E-state index contributed by atoms with van der Waals surface area (Å²) >= 11 is 0. The first-order valence-corrected chi connectivity index (χ1v) is 10.8. The van der Waals surface area contributed by atoms with Gasteiger partial charge in [0.2, 0.25) is 5.91 Å². The third kappa shape index (κ3) is 6.54. The van der Waals surface area contributed by atoms with E-state index >= 15 is 0 Å². The number of para-hydroxylation sites is 1. The van der Waals surface area contributed by atoms with Crippen LogP contribution in [0.4, 0.5) is 14.9 Å². The third-order valence-corrected chi connectivity index (χ3v) is 5.33. The van der Waals surface area contributed by atoms with Crippen molar-refractivity contribution in [3.63, 3.8) is 0 Å². The van der Waals surface area contributed by atoms with E-state index in [0.29, 0.717) is 38.8 Å². The number of hydrogen-bond acceptors (Lipinski definition) is 3. The van der Waals surface area contributed by atoms with Crippen LogP contribution in [-0.2, 0) is 16.0 Å². The Morgan fingerprint density at radius 3 is 2.23 bits per heavy atom. The minimum absolute atomic E-state index is 0.0156. The Morgan fingerprint density at radius 2 is 1.65 bits per heavy atom. The lowest BCUT2D eigenvalue weighted by Crippen LogP contribution is -2.50. The summed E-state index contributed by atoms with van der Waals surface area (Å²) in [6.45, 7) is 6.67. The van der Waals surface area contributed by atoms with Crippen molar-refractivity contribution in [2.24, 2.45) is 0 Å². The molecule has 0 spiro atoms. The Balaban J connectivity index is 1.66. The fraction of sp³-hybridized carbons (Fsp3) is 0.440. The number of likely N-dealkylation sites (tertiary alicyclic amines) is 1. The smallest absolute Gasteiger partial charge is 0.410 e. The zero-order valence-electron chi connectivity index (χ0n) is 18.5. The molecule has 1 heterocycles. The van der Waals surface area contributed by atoms with Crippen LogP contribution in [0.3, 0.4) is 0 Å². The molecule has 31 heavy (non-hydrogen) atoms. The maximum atomic E-state index is 13.2. The molecule has 1 saturated heterocycles. The number of piperidine rings is 1. The van der Waals surface area contributed by atoms with Crippen LogP contribution in [0, 0.1) is 5.82 Å². The number of nitrogens with zero attached hydrogens (tertiary/aromatic N) is 2. The molecule has 6 heteroatoms. The van der Waals surface area contributed by atoms with E-state index in [4.69, 9.17) is 4.74 Å². The highest BCUT2D eigenvalue weighted by atomic mass is 19.1. The lowest BCUT2D eigenvalue weighted by atomic mass is 10.0. The molecule has 0 saturated carbocycles. The highest BCUT2D eigenvalue weighted by Crippen LogP contribution is 2.26. The number of rotatable bonds is 5. The Morgan fingerprint density at radius 1 is 1.03 bits per heavy atom. The number of amides is 2. The van der Waals surface area contributed by atoms with E-state index in [9.17, 15) is 14.0 Å². The number of ether oxygens (including phenoxy) is 1. The van der Waals surface area contributed by atoms with Gasteiger partial charge in [0.05, 0.1) is 0 Å². The quantitative estimate of drug-likeness (QED) is 0.661. The van der Waals surface area contributed by atoms with Crippen LogP contribution in [0.25, 0.3) is 0 Å². The summed E-state index contributed by atoms with van der Waals surface area (Å²) in [5.41, 5.74) is 1.27. The first kappa shape index (κ1) is 22.8. The van der Waals surface area contributed by atoms with Gasteiger partial charge in [-0.3, -0.25) is 4.79 Å². The molecule has 0 N–H and O–H groups in total. The largest absolute Gasteiger partial charge is 0.444 e. The first-order valence-electron chi connectivity index (χ1n) is 10.8. The Kier molecular flexibility index (Phi) is 7.31. The molecule has 2 aromatic rings. The fourth-order valence-corrected chi connectivity index (χ4v) is 3.80. The van der Waals surface area contributed by atoms with Gasteiger partial charge in [0, 0.05) is 31.2 Å². The molecule has 0 aliphatic carbocycles. The summed E-state index contributed by atoms with van der Waals surface area (Å²) in [6, 6.07) is 15.9. The average molecular weight is 427 g/mol. The maximum Gasteiger partial charge on any atom is 0.410 e. The van der Waals surface area contributed by atoms with Gasteiger partial charge in [-0.25, -0.2) is 9.18 Å². The van der Waals surface area contributed by atoms with Crippen molar-refractivity contribution in [1.82, 2.24) is 4.90 Å². The Hall–Kier alpha value is -2.89. The number of benzene rings is 2. The molecule has 0 bridgehead atoms. The number of carbonyl (C=O) groups excluding carboxylic acids is 2. The minimum Gasteiger partial charge on any atom is -0.444 e. The van der Waals surface area contributed by atoms with Crippen molar-refractivity contribution in [3.8, 4) is 0 Å². The molecule has 0 atom stereocenters. The van der Waals surface area contributed by atoms with E-state index in [2.05, 4.69) is 0 Å². The SMILES string of the molecule is CC(C)(C)OC(=O)N1CCC(N(C(=O)CCc2ccc(F)cc2)c2ccccc2)CC1. The van der Waals surface area contributed by atoms with Crippen LogP contribution < -0.4 is 4.90 Å². The molecule has 0 unspecified atom stereocenters. The lowest BCUT2D eigenvalue weighted by Gasteiger charge is -2.39. The van der Waals surface area contributed by atoms with Crippen LogP contribution in [0.5, 0.6) is 0 Å². The molecule has 1 fully saturated rings. The second-order valence-electron chi connectivity index (χ2n) is 8.92. The van der Waals surface area contributed by atoms with E-state index < -0.39 is 5.60 Å². The van der Waals surface area contributed by atoms with E-state index in [1.54, 1.807) is 17.0 Å². The van der Waals surface area contributed by atoms with Crippen molar-refractivity contribution in [2.75, 3.05) is 18.0 Å². The summed E-state index contributed by atoms with van der Waals surface area (Å²) in [5, 5.41) is 0. The Labute approximate surface area is 183 Å². The summed E-state index contributed by atoms with van der Waals surface area (Å²) < 4.78 is 18.6. The highest BCUT2D eigenvalue weighted by molar-refractivity contribution is 5.94. The molecule has 1 aliphatic rings. The van der Waals surface area contributed by atoms with Crippen molar-refractivity contribution in [1.29, 1.82) is 0 Å². The van der Waals surface area contributed by atoms with Crippen molar-refractivity contribution in [2.45, 2.75) is 58.1 Å². The van der Waals surface area contributed by atoms with Crippen LogP contribution in [0.15, 0.2) is 54.6 Å². The van der Waals surface area contributed by atoms with Gasteiger partial charge in [-0.2, -0.15) is 0 Å². The average Bonchev–Trinajstić information content (AvgIpc) is 2.73. The summed E-state index contributed by atoms with van der Waals surface area (Å²) in [6.07, 6.45) is 1.97. The first-order chi connectivity index (χ1) is 14.7. The molecule has 2 aromatic carbocycles. The van der Waals surface area contributed by atoms with Gasteiger partial charge < -0.3 is 14.5 Å².